The fraction of sp³-hybridized carbons (Fsp3) is 0.0455. The Bertz CT molecular complexity index is 1260. The molecule has 0 bridgehead atoms. The molecule has 0 saturated heterocycles. The van der Waals surface area contributed by atoms with Gasteiger partial charge in [-0.1, -0.05) is 48.0 Å². The van der Waals surface area contributed by atoms with E-state index in [-0.39, 0.29) is 4.90 Å². The van der Waals surface area contributed by atoms with Gasteiger partial charge in [-0.2, -0.15) is 0 Å². The molecule has 0 amide bonds. The zero-order chi connectivity index (χ0) is 19.7. The van der Waals surface area contributed by atoms with Crippen LogP contribution in [0, 0.1) is 12.7 Å². The van der Waals surface area contributed by atoms with Crippen molar-refractivity contribution >= 4 is 20.8 Å². The number of aryl methyl sites for hydroxylation is 1. The van der Waals surface area contributed by atoms with Gasteiger partial charge >= 0.3 is 0 Å². The zero-order valence-electron chi connectivity index (χ0n) is 15.1. The number of sulfonamides is 1. The highest BCUT2D eigenvalue weighted by Gasteiger charge is 2.17. The molecule has 0 N–H and O–H groups in total. The monoisotopic (exact) mass is 392 g/mol. The molecular weight excluding hydrogens is 375 g/mol. The van der Waals surface area contributed by atoms with E-state index in [0.717, 1.165) is 11.1 Å². The lowest BCUT2D eigenvalue weighted by atomic mass is 10.1. The Morgan fingerprint density at radius 3 is 2.32 bits per heavy atom. The Morgan fingerprint density at radius 1 is 0.893 bits per heavy atom. The van der Waals surface area contributed by atoms with Crippen molar-refractivity contribution in [3.63, 3.8) is 0 Å². The van der Waals surface area contributed by atoms with Crippen LogP contribution in [0.1, 0.15) is 5.56 Å². The zero-order valence-corrected chi connectivity index (χ0v) is 15.9. The number of halogens is 1. The SMILES string of the molecule is Cc1ccc(S(=O)(=O)[N-][n+]2cc3c(F)cccc3cc2-c2ccccc2)cc1. The first-order valence-corrected chi connectivity index (χ1v) is 10.1. The standard InChI is InChI=1S/C22H17FN2O2S/c1-16-10-12-19(13-11-16)28(26,27)24-25-15-20-18(8-5-9-21(20)23)14-22(25)17-6-3-2-4-7-17/h2-15H,1H3. The molecule has 4 rings (SSSR count). The average molecular weight is 392 g/mol. The molecule has 1 aromatic heterocycles. The second-order valence-corrected chi connectivity index (χ2v) is 8.07. The van der Waals surface area contributed by atoms with Gasteiger partial charge in [0, 0.05) is 11.6 Å². The van der Waals surface area contributed by atoms with E-state index < -0.39 is 15.8 Å². The maximum absolute atomic E-state index is 14.3. The highest BCUT2D eigenvalue weighted by Crippen LogP contribution is 2.25. The summed E-state index contributed by atoms with van der Waals surface area (Å²) in [5, 5.41) is 0.961. The van der Waals surface area contributed by atoms with Crippen LogP contribution in [0.5, 0.6) is 0 Å². The van der Waals surface area contributed by atoms with Crippen molar-refractivity contribution in [3.8, 4) is 11.3 Å². The lowest BCUT2D eigenvalue weighted by Gasteiger charge is -2.18. The molecule has 0 aliphatic rings. The van der Waals surface area contributed by atoms with Crippen LogP contribution in [0.15, 0.2) is 90.0 Å². The summed E-state index contributed by atoms with van der Waals surface area (Å²) in [5.74, 6) is -0.436. The van der Waals surface area contributed by atoms with Crippen LogP contribution in [0.4, 0.5) is 4.39 Å². The van der Waals surface area contributed by atoms with Gasteiger partial charge in [0.15, 0.2) is 16.2 Å². The summed E-state index contributed by atoms with van der Waals surface area (Å²) < 4.78 is 41.2. The second kappa shape index (κ2) is 7.05. The van der Waals surface area contributed by atoms with E-state index in [4.69, 9.17) is 0 Å². The normalized spacial score (nSPS) is 11.5. The first-order valence-electron chi connectivity index (χ1n) is 8.68. The molecule has 6 heteroatoms. The molecule has 4 nitrogen and oxygen atoms in total. The van der Waals surface area contributed by atoms with Crippen molar-refractivity contribution in [2.45, 2.75) is 11.8 Å². The van der Waals surface area contributed by atoms with Crippen LogP contribution >= 0.6 is 0 Å². The molecule has 0 atom stereocenters. The van der Waals surface area contributed by atoms with E-state index in [1.165, 1.54) is 29.1 Å². The molecule has 1 heterocycles. The van der Waals surface area contributed by atoms with E-state index in [1.54, 1.807) is 30.3 Å². The Morgan fingerprint density at radius 2 is 1.61 bits per heavy atom. The molecule has 3 aromatic carbocycles. The lowest BCUT2D eigenvalue weighted by molar-refractivity contribution is -0.600. The third-order valence-corrected chi connectivity index (χ3v) is 5.72. The van der Waals surface area contributed by atoms with Gasteiger partial charge in [-0.05, 0) is 42.6 Å². The fourth-order valence-corrected chi connectivity index (χ4v) is 3.93. The number of fused-ring (bicyclic) bond motifs is 1. The van der Waals surface area contributed by atoms with E-state index in [1.807, 2.05) is 37.3 Å². The van der Waals surface area contributed by atoms with Gasteiger partial charge in [0.1, 0.15) is 5.82 Å². The average Bonchev–Trinajstić information content (AvgIpc) is 2.69. The number of benzene rings is 3. The second-order valence-electron chi connectivity index (χ2n) is 6.48. The first-order chi connectivity index (χ1) is 13.4. The predicted octanol–water partition coefficient (Wildman–Crippen LogP) is 4.77. The third-order valence-electron chi connectivity index (χ3n) is 4.46. The van der Waals surface area contributed by atoms with Gasteiger partial charge in [0.2, 0.25) is 5.69 Å². The van der Waals surface area contributed by atoms with Gasteiger partial charge in [-0.3, -0.25) is 0 Å². The van der Waals surface area contributed by atoms with Crippen molar-refractivity contribution in [1.82, 2.24) is 0 Å². The minimum atomic E-state index is -3.98. The van der Waals surface area contributed by atoms with Crippen LogP contribution in [0.2, 0.25) is 0 Å². The van der Waals surface area contributed by atoms with Gasteiger partial charge in [0.05, 0.1) is 10.3 Å². The molecular formula is C22H17FN2O2S. The van der Waals surface area contributed by atoms with Gasteiger partial charge < -0.3 is 4.83 Å². The molecule has 140 valence electrons. The fourth-order valence-electron chi connectivity index (χ4n) is 2.99. The molecule has 0 aliphatic heterocycles. The number of rotatable bonds is 4. The van der Waals surface area contributed by atoms with Crippen LogP contribution in [0.25, 0.3) is 26.9 Å². The maximum Gasteiger partial charge on any atom is 0.209 e. The highest BCUT2D eigenvalue weighted by molar-refractivity contribution is 7.93. The summed E-state index contributed by atoms with van der Waals surface area (Å²) in [6.07, 6.45) is 1.42. The minimum absolute atomic E-state index is 0.0817. The number of hydrogen-bond donors (Lipinski definition) is 0. The Labute approximate surface area is 162 Å². The highest BCUT2D eigenvalue weighted by atomic mass is 32.2. The van der Waals surface area contributed by atoms with E-state index in [2.05, 4.69) is 4.83 Å². The smallest absolute Gasteiger partial charge is 0.209 e. The van der Waals surface area contributed by atoms with Gasteiger partial charge in [0.25, 0.3) is 0 Å². The van der Waals surface area contributed by atoms with Crippen LogP contribution in [-0.4, -0.2) is 8.42 Å². The molecule has 0 spiro atoms. The Hall–Kier alpha value is -3.25. The summed E-state index contributed by atoms with van der Waals surface area (Å²) in [6, 6.07) is 22.2. The predicted molar refractivity (Wildman–Crippen MR) is 107 cm³/mol. The quantitative estimate of drug-likeness (QED) is 0.470. The van der Waals surface area contributed by atoms with Gasteiger partial charge in [-0.15, -0.1) is 0 Å². The lowest BCUT2D eigenvalue weighted by Crippen LogP contribution is -2.34. The van der Waals surface area contributed by atoms with Crippen molar-refractivity contribution < 1.29 is 17.5 Å². The Balaban J connectivity index is 1.89. The number of hydrogen-bond acceptors (Lipinski definition) is 2. The number of nitrogens with zero attached hydrogens (tertiary/aromatic N) is 2. The summed E-state index contributed by atoms with van der Waals surface area (Å²) in [5.41, 5.74) is 2.27. The summed E-state index contributed by atoms with van der Waals surface area (Å²) >= 11 is 0. The Kier molecular flexibility index (Phi) is 4.57. The molecule has 4 aromatic rings. The maximum atomic E-state index is 14.3. The molecule has 0 aliphatic carbocycles. The molecule has 28 heavy (non-hydrogen) atoms. The van der Waals surface area contributed by atoms with E-state index >= 15 is 0 Å². The van der Waals surface area contributed by atoms with Crippen molar-refractivity contribution in [3.05, 3.63) is 101 Å². The number of aromatic nitrogens is 1. The van der Waals surface area contributed by atoms with E-state index in [0.29, 0.717) is 16.5 Å². The molecule has 0 radical (unpaired) electrons. The largest absolute Gasteiger partial charge is 0.317 e. The van der Waals surface area contributed by atoms with E-state index in [9.17, 15) is 12.8 Å². The molecule has 0 unspecified atom stereocenters. The summed E-state index contributed by atoms with van der Waals surface area (Å²) in [4.78, 5) is 4.06. The summed E-state index contributed by atoms with van der Waals surface area (Å²) in [6.45, 7) is 1.88. The molecule has 0 saturated carbocycles. The van der Waals surface area contributed by atoms with Crippen LogP contribution < -0.4 is 4.68 Å². The van der Waals surface area contributed by atoms with Crippen LogP contribution in [-0.2, 0) is 10.0 Å². The third kappa shape index (κ3) is 3.46. The van der Waals surface area contributed by atoms with Crippen molar-refractivity contribution in [2.75, 3.05) is 0 Å². The molecule has 0 fully saturated rings. The van der Waals surface area contributed by atoms with Crippen molar-refractivity contribution in [1.29, 1.82) is 0 Å². The summed E-state index contributed by atoms with van der Waals surface area (Å²) in [7, 11) is -3.98. The van der Waals surface area contributed by atoms with Gasteiger partial charge in [-0.25, -0.2) is 17.5 Å². The van der Waals surface area contributed by atoms with Crippen molar-refractivity contribution in [2.24, 2.45) is 0 Å². The topological polar surface area (TPSA) is 52.1 Å². The first kappa shape index (κ1) is 18.1. The minimum Gasteiger partial charge on any atom is -0.317 e. The number of pyridine rings is 1. The van der Waals surface area contributed by atoms with Crippen LogP contribution in [0.3, 0.4) is 0 Å².